The van der Waals surface area contributed by atoms with E-state index in [0.29, 0.717) is 12.1 Å². The van der Waals surface area contributed by atoms with Crippen molar-refractivity contribution in [3.8, 4) is 0 Å². The van der Waals surface area contributed by atoms with Gasteiger partial charge in [-0.2, -0.15) is 5.10 Å². The van der Waals surface area contributed by atoms with Crippen LogP contribution in [0.5, 0.6) is 0 Å². The Balaban J connectivity index is 1.63. The van der Waals surface area contributed by atoms with Crippen molar-refractivity contribution < 1.29 is 0 Å². The van der Waals surface area contributed by atoms with Crippen LogP contribution in [0.4, 0.5) is 5.69 Å². The summed E-state index contributed by atoms with van der Waals surface area (Å²) >= 11 is 0. The van der Waals surface area contributed by atoms with Gasteiger partial charge in [-0.05, 0) is 38.8 Å². The van der Waals surface area contributed by atoms with Crippen molar-refractivity contribution in [2.45, 2.75) is 51.1 Å². The number of rotatable bonds is 4. The second kappa shape index (κ2) is 6.27. The molecule has 2 aromatic rings. The Morgan fingerprint density at radius 1 is 1.35 bits per heavy atom. The molecule has 108 valence electrons. The molecular formula is C16H24N4. The molecule has 0 radical (unpaired) electrons. The second-order valence-corrected chi connectivity index (χ2v) is 5.92. The summed E-state index contributed by atoms with van der Waals surface area (Å²) in [6.07, 6.45) is 8.41. The first-order valence-corrected chi connectivity index (χ1v) is 7.75. The number of benzene rings is 1. The van der Waals surface area contributed by atoms with Crippen LogP contribution in [0.2, 0.25) is 0 Å². The lowest BCUT2D eigenvalue weighted by Gasteiger charge is -2.22. The molecule has 4 heteroatoms. The molecule has 1 fully saturated rings. The van der Waals surface area contributed by atoms with Gasteiger partial charge in [0.1, 0.15) is 0 Å². The summed E-state index contributed by atoms with van der Waals surface area (Å²) < 4.78 is 0. The molecule has 20 heavy (non-hydrogen) atoms. The highest BCUT2D eigenvalue weighted by Crippen LogP contribution is 2.22. The van der Waals surface area contributed by atoms with E-state index in [4.69, 9.17) is 0 Å². The van der Waals surface area contributed by atoms with Crippen LogP contribution in [-0.4, -0.2) is 28.8 Å². The molecule has 0 amide bonds. The van der Waals surface area contributed by atoms with Gasteiger partial charge in [-0.15, -0.1) is 0 Å². The van der Waals surface area contributed by atoms with Crippen LogP contribution in [0.3, 0.4) is 0 Å². The van der Waals surface area contributed by atoms with Crippen molar-refractivity contribution in [3.63, 3.8) is 0 Å². The molecule has 1 aromatic carbocycles. The zero-order valence-corrected chi connectivity index (χ0v) is 12.2. The number of aromatic nitrogens is 2. The van der Waals surface area contributed by atoms with Crippen LogP contribution in [0, 0.1) is 0 Å². The Kier molecular flexibility index (Phi) is 4.21. The fourth-order valence-electron chi connectivity index (χ4n) is 3.14. The summed E-state index contributed by atoms with van der Waals surface area (Å²) in [5, 5.41) is 15.7. The molecule has 3 N–H and O–H groups in total. The molecule has 0 spiro atoms. The first-order valence-electron chi connectivity index (χ1n) is 7.75. The molecule has 1 aliphatic rings. The lowest BCUT2D eigenvalue weighted by atomic mass is 10.0. The van der Waals surface area contributed by atoms with Gasteiger partial charge in [0.15, 0.2) is 0 Å². The highest BCUT2D eigenvalue weighted by Gasteiger charge is 2.15. The molecule has 4 nitrogen and oxygen atoms in total. The Labute approximate surface area is 120 Å². The highest BCUT2D eigenvalue weighted by atomic mass is 15.1. The molecule has 0 bridgehead atoms. The van der Waals surface area contributed by atoms with Crippen molar-refractivity contribution in [1.29, 1.82) is 0 Å². The van der Waals surface area contributed by atoms with Gasteiger partial charge in [-0.1, -0.05) is 25.0 Å². The van der Waals surface area contributed by atoms with E-state index in [9.17, 15) is 0 Å². The third-order valence-electron chi connectivity index (χ3n) is 4.18. The van der Waals surface area contributed by atoms with Crippen LogP contribution in [0.1, 0.15) is 39.0 Å². The van der Waals surface area contributed by atoms with Gasteiger partial charge in [0, 0.05) is 17.5 Å². The fraction of sp³-hybridized carbons (Fsp3) is 0.562. The minimum Gasteiger partial charge on any atom is -0.381 e. The van der Waals surface area contributed by atoms with Crippen LogP contribution in [-0.2, 0) is 0 Å². The molecule has 1 saturated heterocycles. The van der Waals surface area contributed by atoms with Crippen LogP contribution >= 0.6 is 0 Å². The third kappa shape index (κ3) is 3.12. The van der Waals surface area contributed by atoms with Gasteiger partial charge < -0.3 is 10.6 Å². The fourth-order valence-corrected chi connectivity index (χ4v) is 3.14. The summed E-state index contributed by atoms with van der Waals surface area (Å²) in [7, 11) is 0. The quantitative estimate of drug-likeness (QED) is 0.800. The number of hydrogen-bond donors (Lipinski definition) is 3. The highest BCUT2D eigenvalue weighted by molar-refractivity contribution is 5.89. The Bertz CT molecular complexity index is 540. The van der Waals surface area contributed by atoms with Gasteiger partial charge in [0.05, 0.1) is 17.4 Å². The van der Waals surface area contributed by atoms with E-state index >= 15 is 0 Å². The maximum Gasteiger partial charge on any atom is 0.0881 e. The average Bonchev–Trinajstić information content (AvgIpc) is 2.78. The van der Waals surface area contributed by atoms with Gasteiger partial charge in [0.2, 0.25) is 0 Å². The number of nitrogens with one attached hydrogen (secondary N) is 3. The molecule has 2 heterocycles. The Hall–Kier alpha value is -1.55. The predicted molar refractivity (Wildman–Crippen MR) is 84.1 cm³/mol. The zero-order chi connectivity index (χ0) is 13.8. The molecular weight excluding hydrogens is 248 g/mol. The van der Waals surface area contributed by atoms with Gasteiger partial charge in [-0.3, -0.25) is 5.10 Å². The average molecular weight is 272 g/mol. The summed E-state index contributed by atoms with van der Waals surface area (Å²) in [6.45, 7) is 3.44. The topological polar surface area (TPSA) is 52.7 Å². The van der Waals surface area contributed by atoms with Crippen molar-refractivity contribution >= 4 is 16.6 Å². The third-order valence-corrected chi connectivity index (χ3v) is 4.18. The maximum atomic E-state index is 4.12. The smallest absolute Gasteiger partial charge is 0.0881 e. The van der Waals surface area contributed by atoms with Gasteiger partial charge in [0.25, 0.3) is 0 Å². The van der Waals surface area contributed by atoms with Crippen molar-refractivity contribution in [2.24, 2.45) is 0 Å². The molecule has 2 atom stereocenters. The summed E-state index contributed by atoms with van der Waals surface area (Å²) in [5.41, 5.74) is 2.26. The summed E-state index contributed by atoms with van der Waals surface area (Å²) in [5.74, 6) is 0. The van der Waals surface area contributed by atoms with Crippen LogP contribution in [0.15, 0.2) is 24.4 Å². The monoisotopic (exact) mass is 272 g/mol. The number of para-hydroxylation sites is 1. The molecule has 3 rings (SSSR count). The van der Waals surface area contributed by atoms with E-state index in [1.54, 1.807) is 0 Å². The number of hydrogen-bond acceptors (Lipinski definition) is 3. The van der Waals surface area contributed by atoms with E-state index in [1.807, 2.05) is 6.20 Å². The van der Waals surface area contributed by atoms with E-state index in [1.165, 1.54) is 38.6 Å². The largest absolute Gasteiger partial charge is 0.381 e. The Morgan fingerprint density at radius 2 is 2.30 bits per heavy atom. The van der Waals surface area contributed by atoms with E-state index in [0.717, 1.165) is 16.6 Å². The van der Waals surface area contributed by atoms with E-state index < -0.39 is 0 Å². The van der Waals surface area contributed by atoms with Crippen molar-refractivity contribution in [3.05, 3.63) is 24.4 Å². The molecule has 2 unspecified atom stereocenters. The first-order chi connectivity index (χ1) is 9.83. The number of H-pyrrole nitrogens is 1. The Morgan fingerprint density at radius 3 is 3.25 bits per heavy atom. The first kappa shape index (κ1) is 13.4. The number of aromatic amines is 1. The molecule has 0 aliphatic carbocycles. The van der Waals surface area contributed by atoms with Crippen LogP contribution < -0.4 is 10.6 Å². The standard InChI is InChI=1S/C16H24N4/c1-12(10-14-7-3-2-4-9-17-14)19-15-8-5-6-13-11-18-20-16(13)15/h5-6,8,11-12,14,17,19H,2-4,7,9-10H2,1H3,(H,18,20). The van der Waals surface area contributed by atoms with E-state index in [-0.39, 0.29) is 0 Å². The SMILES string of the molecule is CC(CC1CCCCCN1)Nc1cccc2cn[nH]c12. The van der Waals surface area contributed by atoms with Crippen molar-refractivity contribution in [1.82, 2.24) is 15.5 Å². The predicted octanol–water partition coefficient (Wildman–Crippen LogP) is 3.29. The molecule has 0 saturated carbocycles. The lowest BCUT2D eigenvalue weighted by Crippen LogP contribution is -2.33. The van der Waals surface area contributed by atoms with Gasteiger partial charge >= 0.3 is 0 Å². The molecule has 1 aliphatic heterocycles. The number of anilines is 1. The lowest BCUT2D eigenvalue weighted by molar-refractivity contribution is 0.456. The van der Waals surface area contributed by atoms with Crippen molar-refractivity contribution in [2.75, 3.05) is 11.9 Å². The minimum absolute atomic E-state index is 0.458. The second-order valence-electron chi connectivity index (χ2n) is 5.92. The zero-order valence-electron chi connectivity index (χ0n) is 12.2. The summed E-state index contributed by atoms with van der Waals surface area (Å²) in [6, 6.07) is 7.40. The summed E-state index contributed by atoms with van der Waals surface area (Å²) in [4.78, 5) is 0. The van der Waals surface area contributed by atoms with Gasteiger partial charge in [-0.25, -0.2) is 0 Å². The van der Waals surface area contributed by atoms with E-state index in [2.05, 4.69) is 46.0 Å². The molecule has 1 aromatic heterocycles. The number of fused-ring (bicyclic) bond motifs is 1. The number of nitrogens with zero attached hydrogens (tertiary/aromatic N) is 1. The maximum absolute atomic E-state index is 4.12. The normalized spacial score (nSPS) is 21.6. The minimum atomic E-state index is 0.458. The van der Waals surface area contributed by atoms with Crippen LogP contribution in [0.25, 0.3) is 10.9 Å².